The lowest BCUT2D eigenvalue weighted by Gasteiger charge is -2.17. The van der Waals surface area contributed by atoms with Gasteiger partial charge < -0.3 is 19.5 Å². The van der Waals surface area contributed by atoms with Crippen molar-refractivity contribution in [1.82, 2.24) is 15.2 Å². The van der Waals surface area contributed by atoms with Gasteiger partial charge in [-0.05, 0) is 31.2 Å². The number of halogens is 2. The second-order valence-corrected chi connectivity index (χ2v) is 8.80. The van der Waals surface area contributed by atoms with Crippen molar-refractivity contribution in [3.63, 3.8) is 0 Å². The summed E-state index contributed by atoms with van der Waals surface area (Å²) >= 11 is 0. The van der Waals surface area contributed by atoms with Crippen molar-refractivity contribution in [3.8, 4) is 17.2 Å². The predicted molar refractivity (Wildman–Crippen MR) is 112 cm³/mol. The molecule has 0 radical (unpaired) electrons. The largest absolute Gasteiger partial charge is 0.488 e. The number of aromatic nitrogens is 3. The highest BCUT2D eigenvalue weighted by Crippen LogP contribution is 2.29. The fraction of sp³-hybridized carbons (Fsp3) is 0.250. The summed E-state index contributed by atoms with van der Waals surface area (Å²) in [7, 11) is -3.48. The Labute approximate surface area is 187 Å². The van der Waals surface area contributed by atoms with Gasteiger partial charge in [0, 0.05) is 30.1 Å². The average molecular weight is 482 g/mol. The number of nitrogens with zero attached hydrogens (tertiary/aromatic N) is 2. The van der Waals surface area contributed by atoms with Gasteiger partial charge in [-0.25, -0.2) is 13.4 Å². The van der Waals surface area contributed by atoms with E-state index in [0.717, 1.165) is 6.26 Å². The molecular weight excluding hydrogens is 462 g/mol. The minimum absolute atomic E-state index is 0.126. The molecular formula is C20H20F2N4O6S. The van der Waals surface area contributed by atoms with Crippen molar-refractivity contribution in [2.45, 2.75) is 24.7 Å². The standard InChI is InChI=1S/C20H20F2N4O6S/c1-12(11-30-20(21)22)31-15-7-13(19(27)25-17-5-6-24-26-17)8-16(9-15)32-14-3-4-18(23-10-14)33(2,28)29/h3-10,12,20H,11H2,1-2H3,(H2,24,25,26,27)/t12-/m0/s1. The van der Waals surface area contributed by atoms with E-state index in [0.29, 0.717) is 0 Å². The quantitative estimate of drug-likeness (QED) is 0.450. The van der Waals surface area contributed by atoms with E-state index in [1.807, 2.05) is 0 Å². The molecule has 0 spiro atoms. The first-order valence-corrected chi connectivity index (χ1v) is 11.4. The highest BCUT2D eigenvalue weighted by molar-refractivity contribution is 7.90. The molecule has 0 aliphatic carbocycles. The highest BCUT2D eigenvalue weighted by Gasteiger charge is 2.16. The van der Waals surface area contributed by atoms with Gasteiger partial charge in [0.15, 0.2) is 20.7 Å². The summed E-state index contributed by atoms with van der Waals surface area (Å²) in [4.78, 5) is 16.5. The Bertz CT molecular complexity index is 1190. The normalized spacial score (nSPS) is 12.4. The van der Waals surface area contributed by atoms with E-state index in [1.165, 1.54) is 49.6 Å². The van der Waals surface area contributed by atoms with Crippen LogP contribution in [0.1, 0.15) is 17.3 Å². The third kappa shape index (κ3) is 7.22. The summed E-state index contributed by atoms with van der Waals surface area (Å²) in [6.45, 7) is -1.80. The molecule has 0 saturated heterocycles. The second-order valence-electron chi connectivity index (χ2n) is 6.84. The number of nitrogens with one attached hydrogen (secondary N) is 2. The Kier molecular flexibility index (Phi) is 7.55. The molecule has 0 bridgehead atoms. The zero-order chi connectivity index (χ0) is 24.0. The Hall–Kier alpha value is -3.58. The summed E-state index contributed by atoms with van der Waals surface area (Å²) in [5, 5.41) is 8.87. The lowest BCUT2D eigenvalue weighted by Crippen LogP contribution is -2.21. The van der Waals surface area contributed by atoms with Crippen molar-refractivity contribution in [2.75, 3.05) is 18.2 Å². The number of sulfone groups is 1. The lowest BCUT2D eigenvalue weighted by molar-refractivity contribution is -0.142. The van der Waals surface area contributed by atoms with Gasteiger partial charge in [-0.2, -0.15) is 13.9 Å². The van der Waals surface area contributed by atoms with Crippen LogP contribution in [0.4, 0.5) is 14.6 Å². The highest BCUT2D eigenvalue weighted by atomic mass is 32.2. The van der Waals surface area contributed by atoms with Crippen molar-refractivity contribution in [3.05, 3.63) is 54.4 Å². The monoisotopic (exact) mass is 482 g/mol. The first kappa shape index (κ1) is 24.1. The van der Waals surface area contributed by atoms with Crippen LogP contribution in [0.15, 0.2) is 53.8 Å². The van der Waals surface area contributed by atoms with Crippen LogP contribution in [0.5, 0.6) is 17.2 Å². The van der Waals surface area contributed by atoms with E-state index in [4.69, 9.17) is 9.47 Å². The van der Waals surface area contributed by atoms with E-state index < -0.39 is 28.5 Å². The second kappa shape index (κ2) is 10.4. The average Bonchev–Trinajstić information content (AvgIpc) is 3.25. The maximum absolute atomic E-state index is 12.6. The molecule has 3 aromatic rings. The molecule has 2 aromatic heterocycles. The van der Waals surface area contributed by atoms with Gasteiger partial charge in [0.05, 0.1) is 12.8 Å². The maximum Gasteiger partial charge on any atom is 0.345 e. The number of H-pyrrole nitrogens is 1. The number of benzene rings is 1. The number of pyridine rings is 1. The molecule has 33 heavy (non-hydrogen) atoms. The van der Waals surface area contributed by atoms with Crippen molar-refractivity contribution < 1.29 is 36.2 Å². The van der Waals surface area contributed by atoms with Gasteiger partial charge in [0.25, 0.3) is 5.91 Å². The predicted octanol–water partition coefficient (Wildman–Crippen LogP) is 3.26. The van der Waals surface area contributed by atoms with Gasteiger partial charge in [-0.3, -0.25) is 9.89 Å². The number of aromatic amines is 1. The van der Waals surface area contributed by atoms with Crippen molar-refractivity contribution >= 4 is 21.6 Å². The first-order chi connectivity index (χ1) is 15.6. The lowest BCUT2D eigenvalue weighted by atomic mass is 10.2. The Morgan fingerprint density at radius 2 is 1.91 bits per heavy atom. The number of anilines is 1. The van der Waals surface area contributed by atoms with Crippen LogP contribution in [0, 0.1) is 0 Å². The number of hydrogen-bond acceptors (Lipinski definition) is 8. The summed E-state index contributed by atoms with van der Waals surface area (Å²) < 4.78 is 63.3. The summed E-state index contributed by atoms with van der Waals surface area (Å²) in [5.41, 5.74) is 0.133. The number of ether oxygens (including phenoxy) is 3. The fourth-order valence-electron chi connectivity index (χ4n) is 2.61. The molecule has 1 aromatic carbocycles. The Balaban J connectivity index is 1.84. The summed E-state index contributed by atoms with van der Waals surface area (Å²) in [6, 6.07) is 8.49. The van der Waals surface area contributed by atoms with Crippen LogP contribution >= 0.6 is 0 Å². The molecule has 13 heteroatoms. The SMILES string of the molecule is C[C@@H](COC(F)F)Oc1cc(Oc2ccc(S(C)(=O)=O)nc2)cc(C(=O)Nc2cc[nH]n2)c1. The molecule has 0 fully saturated rings. The van der Waals surface area contributed by atoms with Crippen molar-refractivity contribution in [1.29, 1.82) is 0 Å². The van der Waals surface area contributed by atoms with Gasteiger partial charge in [0.2, 0.25) is 0 Å². The fourth-order valence-corrected chi connectivity index (χ4v) is 3.16. The van der Waals surface area contributed by atoms with E-state index in [1.54, 1.807) is 6.07 Å². The Morgan fingerprint density at radius 3 is 2.52 bits per heavy atom. The smallest absolute Gasteiger partial charge is 0.345 e. The first-order valence-electron chi connectivity index (χ1n) is 9.47. The van der Waals surface area contributed by atoms with Crippen LogP contribution in [0.3, 0.4) is 0 Å². The minimum Gasteiger partial charge on any atom is -0.488 e. The summed E-state index contributed by atoms with van der Waals surface area (Å²) in [5.74, 6) is 0.279. The zero-order valence-electron chi connectivity index (χ0n) is 17.5. The molecule has 2 N–H and O–H groups in total. The number of hydrogen-bond donors (Lipinski definition) is 2. The topological polar surface area (TPSA) is 132 Å². The van der Waals surface area contributed by atoms with E-state index in [9.17, 15) is 22.0 Å². The molecule has 1 atom stereocenters. The maximum atomic E-state index is 12.6. The van der Waals surface area contributed by atoms with E-state index in [2.05, 4.69) is 25.2 Å². The van der Waals surface area contributed by atoms with Gasteiger partial charge in [-0.15, -0.1) is 0 Å². The molecule has 3 rings (SSSR count). The molecule has 176 valence electrons. The van der Waals surface area contributed by atoms with Crippen LogP contribution in [-0.4, -0.2) is 55.1 Å². The third-order valence-corrected chi connectivity index (χ3v) is 5.00. The third-order valence-electron chi connectivity index (χ3n) is 4.00. The molecule has 0 aliphatic rings. The molecule has 0 unspecified atom stereocenters. The van der Waals surface area contributed by atoms with Gasteiger partial charge >= 0.3 is 6.61 Å². The number of amides is 1. The number of carbonyl (C=O) groups excluding carboxylic acids is 1. The molecule has 2 heterocycles. The number of rotatable bonds is 10. The van der Waals surface area contributed by atoms with Crippen LogP contribution < -0.4 is 14.8 Å². The summed E-state index contributed by atoms with van der Waals surface area (Å²) in [6.07, 6.45) is 3.01. The molecule has 0 aliphatic heterocycles. The molecule has 0 saturated carbocycles. The van der Waals surface area contributed by atoms with Crippen LogP contribution in [-0.2, 0) is 14.6 Å². The number of carbonyl (C=O) groups is 1. The van der Waals surface area contributed by atoms with Crippen molar-refractivity contribution in [2.24, 2.45) is 0 Å². The molecule has 10 nitrogen and oxygen atoms in total. The molecule has 1 amide bonds. The number of alkyl halides is 2. The Morgan fingerprint density at radius 1 is 1.15 bits per heavy atom. The van der Waals surface area contributed by atoms with E-state index in [-0.39, 0.29) is 40.3 Å². The van der Waals surface area contributed by atoms with E-state index >= 15 is 0 Å². The van der Waals surface area contributed by atoms with Gasteiger partial charge in [0.1, 0.15) is 23.4 Å². The van der Waals surface area contributed by atoms with Crippen LogP contribution in [0.25, 0.3) is 0 Å². The minimum atomic E-state index is -3.48. The van der Waals surface area contributed by atoms with Crippen LogP contribution in [0.2, 0.25) is 0 Å². The van der Waals surface area contributed by atoms with Gasteiger partial charge in [-0.1, -0.05) is 0 Å². The zero-order valence-corrected chi connectivity index (χ0v) is 18.3.